The third kappa shape index (κ3) is 3.14. The van der Waals surface area contributed by atoms with Crippen molar-refractivity contribution in [1.82, 2.24) is 10.2 Å². The van der Waals surface area contributed by atoms with E-state index in [9.17, 15) is 9.59 Å². The fourth-order valence-corrected chi connectivity index (χ4v) is 2.80. The Morgan fingerprint density at radius 3 is 2.50 bits per heavy atom. The molecule has 2 unspecified atom stereocenters. The van der Waals surface area contributed by atoms with Crippen LogP contribution in [-0.2, 0) is 4.79 Å². The first-order valence-electron chi connectivity index (χ1n) is 8.01. The van der Waals surface area contributed by atoms with Gasteiger partial charge < -0.3 is 15.5 Å². The van der Waals surface area contributed by atoms with E-state index in [4.69, 9.17) is 0 Å². The van der Waals surface area contributed by atoms with Gasteiger partial charge in [-0.05, 0) is 51.0 Å². The summed E-state index contributed by atoms with van der Waals surface area (Å²) in [7, 11) is 0. The van der Waals surface area contributed by atoms with E-state index < -0.39 is 0 Å². The van der Waals surface area contributed by atoms with Crippen LogP contribution in [0.1, 0.15) is 37.0 Å². The van der Waals surface area contributed by atoms with E-state index in [0.717, 1.165) is 31.6 Å². The molecule has 1 aromatic rings. The van der Waals surface area contributed by atoms with Crippen molar-refractivity contribution in [3.8, 4) is 0 Å². The second kappa shape index (κ2) is 6.08. The van der Waals surface area contributed by atoms with E-state index in [1.165, 1.54) is 0 Å². The summed E-state index contributed by atoms with van der Waals surface area (Å²) in [5.74, 6) is 0.328. The highest BCUT2D eigenvalue weighted by Crippen LogP contribution is 2.30. The van der Waals surface area contributed by atoms with Crippen molar-refractivity contribution in [3.05, 3.63) is 29.8 Å². The summed E-state index contributed by atoms with van der Waals surface area (Å²) in [6.07, 6.45) is 1.98. The van der Waals surface area contributed by atoms with Crippen molar-refractivity contribution in [2.75, 3.05) is 18.4 Å². The molecule has 2 amide bonds. The van der Waals surface area contributed by atoms with Gasteiger partial charge in [-0.25, -0.2) is 0 Å². The van der Waals surface area contributed by atoms with Crippen LogP contribution in [0, 0.1) is 5.92 Å². The average molecular weight is 301 g/mol. The lowest BCUT2D eigenvalue weighted by atomic mass is 10.1. The molecule has 0 bridgehead atoms. The van der Waals surface area contributed by atoms with Crippen molar-refractivity contribution in [1.29, 1.82) is 0 Å². The minimum Gasteiger partial charge on any atom is -0.333 e. The lowest BCUT2D eigenvalue weighted by Gasteiger charge is -2.38. The fraction of sp³-hybridized carbons (Fsp3) is 0.529. The molecule has 5 heteroatoms. The van der Waals surface area contributed by atoms with Crippen molar-refractivity contribution in [2.24, 2.45) is 5.92 Å². The van der Waals surface area contributed by atoms with Crippen LogP contribution in [0.5, 0.6) is 0 Å². The molecule has 2 atom stereocenters. The Balaban J connectivity index is 1.66. The number of hydrogen-bond acceptors (Lipinski definition) is 3. The van der Waals surface area contributed by atoms with Crippen LogP contribution in [-0.4, -0.2) is 41.9 Å². The molecule has 2 aliphatic rings. The van der Waals surface area contributed by atoms with Crippen molar-refractivity contribution < 1.29 is 9.59 Å². The van der Waals surface area contributed by atoms with Crippen molar-refractivity contribution >= 4 is 17.5 Å². The Labute approximate surface area is 131 Å². The number of nitrogens with one attached hydrogen (secondary N) is 2. The summed E-state index contributed by atoms with van der Waals surface area (Å²) in [4.78, 5) is 26.3. The average Bonchev–Trinajstić information content (AvgIpc) is 3.35. The number of amides is 2. The second-order valence-electron chi connectivity index (χ2n) is 6.32. The predicted molar refractivity (Wildman–Crippen MR) is 85.8 cm³/mol. The first kappa shape index (κ1) is 15.0. The monoisotopic (exact) mass is 301 g/mol. The SMILES string of the molecule is CC1NCCN(C(=O)c2ccc(NC(=O)C3CC3)cc2)C1C. The smallest absolute Gasteiger partial charge is 0.254 e. The van der Waals surface area contributed by atoms with Crippen LogP contribution >= 0.6 is 0 Å². The van der Waals surface area contributed by atoms with Crippen molar-refractivity contribution in [3.63, 3.8) is 0 Å². The quantitative estimate of drug-likeness (QED) is 0.896. The molecular formula is C17H23N3O2. The maximum atomic E-state index is 12.6. The standard InChI is InChI=1S/C17H23N3O2/c1-11-12(2)20(10-9-18-11)17(22)14-5-7-15(8-6-14)19-16(21)13-3-4-13/h5-8,11-13,18H,3-4,9-10H2,1-2H3,(H,19,21). The van der Waals surface area contributed by atoms with Gasteiger partial charge in [0, 0.05) is 42.3 Å². The molecule has 1 aliphatic carbocycles. The van der Waals surface area contributed by atoms with Crippen LogP contribution in [0.2, 0.25) is 0 Å². The number of benzene rings is 1. The first-order valence-corrected chi connectivity index (χ1v) is 8.01. The molecule has 2 N–H and O–H groups in total. The molecule has 1 aromatic carbocycles. The van der Waals surface area contributed by atoms with E-state index in [2.05, 4.69) is 24.5 Å². The second-order valence-corrected chi connectivity index (χ2v) is 6.32. The molecule has 1 aliphatic heterocycles. The largest absolute Gasteiger partial charge is 0.333 e. The molecule has 1 saturated carbocycles. The minimum absolute atomic E-state index is 0.0564. The molecule has 1 heterocycles. The maximum Gasteiger partial charge on any atom is 0.254 e. The number of anilines is 1. The van der Waals surface area contributed by atoms with Gasteiger partial charge in [-0.1, -0.05) is 0 Å². The molecule has 1 saturated heterocycles. The number of carbonyl (C=O) groups excluding carboxylic acids is 2. The molecule has 0 spiro atoms. The van der Waals surface area contributed by atoms with Gasteiger partial charge >= 0.3 is 0 Å². The van der Waals surface area contributed by atoms with Crippen LogP contribution < -0.4 is 10.6 Å². The topological polar surface area (TPSA) is 61.4 Å². The Bertz CT molecular complexity index is 566. The van der Waals surface area contributed by atoms with Gasteiger partial charge in [0.25, 0.3) is 5.91 Å². The zero-order chi connectivity index (χ0) is 15.7. The van der Waals surface area contributed by atoms with Crippen LogP contribution in [0.15, 0.2) is 24.3 Å². The summed E-state index contributed by atoms with van der Waals surface area (Å²) in [5, 5.41) is 6.27. The lowest BCUT2D eigenvalue weighted by molar-refractivity contribution is -0.117. The lowest BCUT2D eigenvalue weighted by Crippen LogP contribution is -2.57. The molecule has 2 fully saturated rings. The Hall–Kier alpha value is -1.88. The van der Waals surface area contributed by atoms with Gasteiger partial charge in [-0.15, -0.1) is 0 Å². The van der Waals surface area contributed by atoms with Gasteiger partial charge in [0.15, 0.2) is 0 Å². The van der Waals surface area contributed by atoms with E-state index >= 15 is 0 Å². The maximum absolute atomic E-state index is 12.6. The summed E-state index contributed by atoms with van der Waals surface area (Å²) in [6, 6.07) is 7.69. The van der Waals surface area contributed by atoms with E-state index in [1.54, 1.807) is 12.1 Å². The van der Waals surface area contributed by atoms with Gasteiger partial charge in [0.2, 0.25) is 5.91 Å². The highest BCUT2D eigenvalue weighted by molar-refractivity contribution is 5.97. The normalized spacial score (nSPS) is 24.9. The highest BCUT2D eigenvalue weighted by Gasteiger charge is 2.30. The van der Waals surface area contributed by atoms with Crippen LogP contribution in [0.3, 0.4) is 0 Å². The Morgan fingerprint density at radius 2 is 1.86 bits per heavy atom. The minimum atomic E-state index is 0.0564. The third-order valence-corrected chi connectivity index (χ3v) is 4.64. The first-order chi connectivity index (χ1) is 10.6. The summed E-state index contributed by atoms with van der Waals surface area (Å²) < 4.78 is 0. The van der Waals surface area contributed by atoms with E-state index in [-0.39, 0.29) is 23.8 Å². The summed E-state index contributed by atoms with van der Waals surface area (Å²) in [5.41, 5.74) is 1.43. The zero-order valence-corrected chi connectivity index (χ0v) is 13.1. The molecule has 0 aromatic heterocycles. The summed E-state index contributed by atoms with van der Waals surface area (Å²) >= 11 is 0. The Kier molecular flexibility index (Phi) is 4.16. The molecule has 22 heavy (non-hydrogen) atoms. The zero-order valence-electron chi connectivity index (χ0n) is 13.1. The Morgan fingerprint density at radius 1 is 1.18 bits per heavy atom. The molecular weight excluding hydrogens is 278 g/mol. The van der Waals surface area contributed by atoms with Crippen LogP contribution in [0.25, 0.3) is 0 Å². The number of rotatable bonds is 3. The third-order valence-electron chi connectivity index (χ3n) is 4.64. The molecule has 118 valence electrons. The molecule has 3 rings (SSSR count). The van der Waals surface area contributed by atoms with E-state index in [1.807, 2.05) is 17.0 Å². The van der Waals surface area contributed by atoms with E-state index in [0.29, 0.717) is 11.6 Å². The van der Waals surface area contributed by atoms with Crippen molar-refractivity contribution in [2.45, 2.75) is 38.8 Å². The highest BCUT2D eigenvalue weighted by atomic mass is 16.2. The van der Waals surface area contributed by atoms with Gasteiger partial charge in [0.05, 0.1) is 0 Å². The predicted octanol–water partition coefficient (Wildman–Crippen LogP) is 1.86. The fourth-order valence-electron chi connectivity index (χ4n) is 2.80. The van der Waals surface area contributed by atoms with Gasteiger partial charge in [-0.3, -0.25) is 9.59 Å². The van der Waals surface area contributed by atoms with Crippen LogP contribution in [0.4, 0.5) is 5.69 Å². The molecule has 5 nitrogen and oxygen atoms in total. The van der Waals surface area contributed by atoms with Gasteiger partial charge in [0.1, 0.15) is 0 Å². The molecule has 0 radical (unpaired) electrons. The number of piperazine rings is 1. The van der Waals surface area contributed by atoms with Gasteiger partial charge in [-0.2, -0.15) is 0 Å². The number of nitrogens with zero attached hydrogens (tertiary/aromatic N) is 1. The summed E-state index contributed by atoms with van der Waals surface area (Å²) in [6.45, 7) is 5.72. The number of hydrogen-bond donors (Lipinski definition) is 2. The number of carbonyl (C=O) groups is 2.